The van der Waals surface area contributed by atoms with Crippen LogP contribution in [0.4, 0.5) is 11.4 Å². The van der Waals surface area contributed by atoms with Gasteiger partial charge in [-0.1, -0.05) is 0 Å². The van der Waals surface area contributed by atoms with Crippen LogP contribution in [0.5, 0.6) is 0 Å². The van der Waals surface area contributed by atoms with Crippen molar-refractivity contribution in [2.75, 3.05) is 36.9 Å². The third-order valence-electron chi connectivity index (χ3n) is 2.85. The van der Waals surface area contributed by atoms with E-state index < -0.39 is 0 Å². The van der Waals surface area contributed by atoms with Gasteiger partial charge in [0.05, 0.1) is 19.1 Å². The van der Waals surface area contributed by atoms with E-state index in [2.05, 4.69) is 17.9 Å². The Morgan fingerprint density at radius 3 is 2.78 bits per heavy atom. The first kappa shape index (κ1) is 14.3. The van der Waals surface area contributed by atoms with E-state index in [1.807, 2.05) is 25.1 Å². The van der Waals surface area contributed by atoms with Crippen LogP contribution in [0.1, 0.15) is 19.4 Å². The molecule has 0 bridgehead atoms. The molecule has 0 saturated carbocycles. The molecular formula is C14H21N3O. The molecule has 0 unspecified atom stereocenters. The second-order valence-electron chi connectivity index (χ2n) is 3.99. The van der Waals surface area contributed by atoms with Crippen molar-refractivity contribution >= 4 is 11.4 Å². The van der Waals surface area contributed by atoms with Crippen LogP contribution in [0.15, 0.2) is 18.2 Å². The summed E-state index contributed by atoms with van der Waals surface area (Å²) in [5.41, 5.74) is 8.51. The van der Waals surface area contributed by atoms with Crippen LogP contribution in [0, 0.1) is 11.3 Å². The molecule has 18 heavy (non-hydrogen) atoms. The van der Waals surface area contributed by atoms with Crippen molar-refractivity contribution in [3.05, 3.63) is 23.8 Å². The minimum atomic E-state index is 0.350. The van der Waals surface area contributed by atoms with Crippen molar-refractivity contribution in [2.45, 2.75) is 20.3 Å². The van der Waals surface area contributed by atoms with E-state index in [9.17, 15) is 0 Å². The van der Waals surface area contributed by atoms with Gasteiger partial charge in [0.1, 0.15) is 0 Å². The molecule has 0 fully saturated rings. The van der Waals surface area contributed by atoms with Gasteiger partial charge in [0.2, 0.25) is 0 Å². The number of likely N-dealkylation sites (N-methyl/N-ethyl adjacent to an activating group) is 1. The summed E-state index contributed by atoms with van der Waals surface area (Å²) in [5.74, 6) is 0. The van der Waals surface area contributed by atoms with E-state index in [4.69, 9.17) is 15.7 Å². The van der Waals surface area contributed by atoms with E-state index in [1.54, 1.807) is 0 Å². The summed E-state index contributed by atoms with van der Waals surface area (Å²) in [6.07, 6.45) is 0.350. The number of hydrogen-bond donors (Lipinski definition) is 1. The molecule has 4 heteroatoms. The standard InChI is InChI=1S/C14H21N3O/c1-3-17(9-10-18-4-2)13-5-6-14(16)12(11-13)7-8-15/h5-6,11H,3-4,7,9-10,16H2,1-2H3. The highest BCUT2D eigenvalue weighted by atomic mass is 16.5. The normalized spacial score (nSPS) is 10.1. The fourth-order valence-corrected chi connectivity index (χ4v) is 1.82. The molecule has 1 aromatic rings. The summed E-state index contributed by atoms with van der Waals surface area (Å²) >= 11 is 0. The van der Waals surface area contributed by atoms with Crippen LogP contribution in [0.3, 0.4) is 0 Å². The summed E-state index contributed by atoms with van der Waals surface area (Å²) < 4.78 is 5.37. The molecule has 0 aromatic heterocycles. The first-order valence-corrected chi connectivity index (χ1v) is 6.31. The first-order chi connectivity index (χ1) is 8.72. The van der Waals surface area contributed by atoms with Crippen LogP contribution in [0.25, 0.3) is 0 Å². The van der Waals surface area contributed by atoms with E-state index >= 15 is 0 Å². The lowest BCUT2D eigenvalue weighted by molar-refractivity contribution is 0.154. The number of nitrogens with zero attached hydrogens (tertiary/aromatic N) is 2. The van der Waals surface area contributed by atoms with Crippen LogP contribution < -0.4 is 10.6 Å². The molecule has 0 saturated heterocycles. The van der Waals surface area contributed by atoms with Crippen molar-refractivity contribution in [2.24, 2.45) is 0 Å². The maximum absolute atomic E-state index is 8.77. The predicted molar refractivity (Wildman–Crippen MR) is 74.6 cm³/mol. The highest BCUT2D eigenvalue weighted by Crippen LogP contribution is 2.21. The van der Waals surface area contributed by atoms with Crippen molar-refractivity contribution in [1.82, 2.24) is 0 Å². The Bertz CT molecular complexity index is 412. The maximum Gasteiger partial charge on any atom is 0.0670 e. The Kier molecular flexibility index (Phi) is 6.03. The number of nitrogen functional groups attached to an aromatic ring is 1. The highest BCUT2D eigenvalue weighted by Gasteiger charge is 2.07. The lowest BCUT2D eigenvalue weighted by Gasteiger charge is -2.23. The number of hydrogen-bond acceptors (Lipinski definition) is 4. The van der Waals surface area contributed by atoms with Crippen LogP contribution in [0.2, 0.25) is 0 Å². The molecule has 1 rings (SSSR count). The van der Waals surface area contributed by atoms with E-state index in [0.717, 1.165) is 30.9 Å². The molecule has 0 radical (unpaired) electrons. The van der Waals surface area contributed by atoms with Crippen molar-refractivity contribution in [3.8, 4) is 6.07 Å². The van der Waals surface area contributed by atoms with Gasteiger partial charge in [0, 0.05) is 31.1 Å². The van der Waals surface area contributed by atoms with Gasteiger partial charge in [-0.2, -0.15) is 5.26 Å². The Morgan fingerprint density at radius 2 is 2.17 bits per heavy atom. The van der Waals surface area contributed by atoms with Gasteiger partial charge in [0.25, 0.3) is 0 Å². The number of nitrogens with two attached hydrogens (primary N) is 1. The average molecular weight is 247 g/mol. The minimum absolute atomic E-state index is 0.350. The van der Waals surface area contributed by atoms with Gasteiger partial charge >= 0.3 is 0 Å². The minimum Gasteiger partial charge on any atom is -0.398 e. The second-order valence-corrected chi connectivity index (χ2v) is 3.99. The molecule has 0 heterocycles. The molecule has 0 atom stereocenters. The zero-order valence-electron chi connectivity index (χ0n) is 11.1. The van der Waals surface area contributed by atoms with Crippen LogP contribution >= 0.6 is 0 Å². The van der Waals surface area contributed by atoms with E-state index in [0.29, 0.717) is 18.7 Å². The molecule has 0 spiro atoms. The second kappa shape index (κ2) is 7.57. The fraction of sp³-hybridized carbons (Fsp3) is 0.500. The number of rotatable bonds is 7. The molecule has 0 amide bonds. The topological polar surface area (TPSA) is 62.3 Å². The molecule has 0 aliphatic heterocycles. The molecule has 0 aliphatic rings. The number of nitriles is 1. The number of anilines is 2. The Hall–Kier alpha value is -1.73. The SMILES string of the molecule is CCOCCN(CC)c1ccc(N)c(CC#N)c1. The first-order valence-electron chi connectivity index (χ1n) is 6.31. The van der Waals surface area contributed by atoms with Crippen LogP contribution in [-0.2, 0) is 11.2 Å². The summed E-state index contributed by atoms with van der Waals surface area (Å²) in [7, 11) is 0. The zero-order chi connectivity index (χ0) is 13.4. The fourth-order valence-electron chi connectivity index (χ4n) is 1.82. The Morgan fingerprint density at radius 1 is 1.39 bits per heavy atom. The quantitative estimate of drug-likeness (QED) is 0.592. The lowest BCUT2D eigenvalue weighted by atomic mass is 10.1. The van der Waals surface area contributed by atoms with Gasteiger partial charge in [-0.15, -0.1) is 0 Å². The molecule has 1 aromatic carbocycles. The third-order valence-corrected chi connectivity index (χ3v) is 2.85. The average Bonchev–Trinajstić information content (AvgIpc) is 2.38. The number of ether oxygens (including phenoxy) is 1. The van der Waals surface area contributed by atoms with Crippen molar-refractivity contribution in [1.29, 1.82) is 5.26 Å². The molecule has 2 N–H and O–H groups in total. The molecular weight excluding hydrogens is 226 g/mol. The smallest absolute Gasteiger partial charge is 0.0670 e. The third kappa shape index (κ3) is 3.94. The number of benzene rings is 1. The summed E-state index contributed by atoms with van der Waals surface area (Å²) in [6, 6.07) is 7.99. The van der Waals surface area contributed by atoms with Gasteiger partial charge < -0.3 is 15.4 Å². The van der Waals surface area contributed by atoms with Crippen LogP contribution in [-0.4, -0.2) is 26.3 Å². The largest absolute Gasteiger partial charge is 0.398 e. The lowest BCUT2D eigenvalue weighted by Crippen LogP contribution is -2.27. The summed E-state index contributed by atoms with van der Waals surface area (Å²) in [4.78, 5) is 2.22. The zero-order valence-corrected chi connectivity index (χ0v) is 11.1. The summed E-state index contributed by atoms with van der Waals surface area (Å²) in [6.45, 7) is 7.29. The van der Waals surface area contributed by atoms with Gasteiger partial charge in [-0.05, 0) is 37.6 Å². The van der Waals surface area contributed by atoms with E-state index in [-0.39, 0.29) is 0 Å². The Balaban J connectivity index is 2.79. The molecule has 0 aliphatic carbocycles. The maximum atomic E-state index is 8.77. The van der Waals surface area contributed by atoms with E-state index in [1.165, 1.54) is 0 Å². The Labute approximate surface area is 109 Å². The monoisotopic (exact) mass is 247 g/mol. The summed E-state index contributed by atoms with van der Waals surface area (Å²) in [5, 5.41) is 8.77. The van der Waals surface area contributed by atoms with Crippen molar-refractivity contribution < 1.29 is 4.74 Å². The van der Waals surface area contributed by atoms with Crippen molar-refractivity contribution in [3.63, 3.8) is 0 Å². The van der Waals surface area contributed by atoms with Gasteiger partial charge in [-0.25, -0.2) is 0 Å². The molecule has 98 valence electrons. The van der Waals surface area contributed by atoms with Gasteiger partial charge in [0.15, 0.2) is 0 Å². The van der Waals surface area contributed by atoms with Gasteiger partial charge in [-0.3, -0.25) is 0 Å². The predicted octanol–water partition coefficient (Wildman–Crippen LogP) is 2.20. The molecule has 4 nitrogen and oxygen atoms in total. The highest BCUT2D eigenvalue weighted by molar-refractivity contribution is 5.59.